The summed E-state index contributed by atoms with van der Waals surface area (Å²) in [6.07, 6.45) is 0.290. The molecular weight excluding hydrogens is 236 g/mol. The highest BCUT2D eigenvalue weighted by molar-refractivity contribution is 5.20. The molecule has 0 aromatic heterocycles. The van der Waals surface area contributed by atoms with Crippen LogP contribution in [0.15, 0.2) is 30.3 Å². The van der Waals surface area contributed by atoms with Crippen molar-refractivity contribution in [3.05, 3.63) is 35.9 Å². The molecule has 0 radical (unpaired) electrons. The van der Waals surface area contributed by atoms with E-state index in [2.05, 4.69) is 56.0 Å². The molecule has 0 saturated carbocycles. The van der Waals surface area contributed by atoms with Crippen molar-refractivity contribution < 1.29 is 4.74 Å². The third kappa shape index (κ3) is 4.03. The smallest absolute Gasteiger partial charge is 0.0757 e. The minimum Gasteiger partial charge on any atom is -0.370 e. The van der Waals surface area contributed by atoms with Crippen LogP contribution in [-0.4, -0.2) is 42.8 Å². The molecular formula is C16H26N2O. The molecule has 0 aliphatic carbocycles. The fourth-order valence-corrected chi connectivity index (χ4v) is 3.08. The van der Waals surface area contributed by atoms with Gasteiger partial charge < -0.3 is 10.5 Å². The first-order chi connectivity index (χ1) is 9.00. The Hall–Kier alpha value is -0.900. The Morgan fingerprint density at radius 2 is 2.05 bits per heavy atom. The van der Waals surface area contributed by atoms with E-state index in [1.165, 1.54) is 5.56 Å². The number of morpholine rings is 1. The van der Waals surface area contributed by atoms with Crippen LogP contribution < -0.4 is 5.73 Å². The third-order valence-electron chi connectivity index (χ3n) is 3.67. The average Bonchev–Trinajstić information content (AvgIpc) is 2.34. The lowest BCUT2D eigenvalue weighted by molar-refractivity contribution is -0.129. The standard InChI is InChI=1S/C16H26N2O/c1-13-10-18(12-16(2,3)19-13)11-15(9-17)14-7-5-4-6-8-14/h4-8,13,15H,9-12,17H2,1-3H3. The summed E-state index contributed by atoms with van der Waals surface area (Å²) in [5, 5.41) is 0. The van der Waals surface area contributed by atoms with Gasteiger partial charge in [-0.2, -0.15) is 0 Å². The summed E-state index contributed by atoms with van der Waals surface area (Å²) >= 11 is 0. The first kappa shape index (κ1) is 14.5. The lowest BCUT2D eigenvalue weighted by atomic mass is 9.97. The molecule has 3 nitrogen and oxygen atoms in total. The monoisotopic (exact) mass is 262 g/mol. The largest absolute Gasteiger partial charge is 0.370 e. The number of hydrogen-bond donors (Lipinski definition) is 1. The minimum atomic E-state index is -0.0620. The molecule has 1 saturated heterocycles. The summed E-state index contributed by atoms with van der Waals surface area (Å²) in [6.45, 7) is 10.1. The Morgan fingerprint density at radius 3 is 2.63 bits per heavy atom. The van der Waals surface area contributed by atoms with Crippen molar-refractivity contribution in [3.63, 3.8) is 0 Å². The maximum absolute atomic E-state index is 5.97. The lowest BCUT2D eigenvalue weighted by Gasteiger charge is -2.42. The molecule has 1 aliphatic heterocycles. The van der Waals surface area contributed by atoms with Crippen LogP contribution in [0.25, 0.3) is 0 Å². The van der Waals surface area contributed by atoms with E-state index in [0.717, 1.165) is 19.6 Å². The highest BCUT2D eigenvalue weighted by Crippen LogP contribution is 2.23. The Bertz CT molecular complexity index is 391. The Kier molecular flexibility index (Phi) is 4.61. The first-order valence-corrected chi connectivity index (χ1v) is 7.15. The minimum absolute atomic E-state index is 0.0620. The van der Waals surface area contributed by atoms with Gasteiger partial charge in [-0.05, 0) is 26.3 Å². The van der Waals surface area contributed by atoms with Gasteiger partial charge >= 0.3 is 0 Å². The van der Waals surface area contributed by atoms with E-state index < -0.39 is 0 Å². The highest BCUT2D eigenvalue weighted by Gasteiger charge is 2.32. The first-order valence-electron chi connectivity index (χ1n) is 7.15. The van der Waals surface area contributed by atoms with Gasteiger partial charge in [0.15, 0.2) is 0 Å². The van der Waals surface area contributed by atoms with Gasteiger partial charge in [0.05, 0.1) is 11.7 Å². The van der Waals surface area contributed by atoms with E-state index in [1.54, 1.807) is 0 Å². The summed E-state index contributed by atoms with van der Waals surface area (Å²) in [7, 11) is 0. The van der Waals surface area contributed by atoms with Crippen LogP contribution in [-0.2, 0) is 4.74 Å². The van der Waals surface area contributed by atoms with Gasteiger partial charge in [-0.15, -0.1) is 0 Å². The topological polar surface area (TPSA) is 38.5 Å². The Labute approximate surface area is 116 Å². The van der Waals surface area contributed by atoms with Gasteiger partial charge in [-0.25, -0.2) is 0 Å². The molecule has 1 aromatic carbocycles. The van der Waals surface area contributed by atoms with Gasteiger partial charge in [0.25, 0.3) is 0 Å². The zero-order valence-electron chi connectivity index (χ0n) is 12.3. The number of hydrogen-bond acceptors (Lipinski definition) is 3. The van der Waals surface area contributed by atoms with E-state index in [-0.39, 0.29) is 11.7 Å². The molecule has 2 unspecified atom stereocenters. The molecule has 1 aromatic rings. The van der Waals surface area contributed by atoms with Crippen molar-refractivity contribution in [1.29, 1.82) is 0 Å². The number of benzene rings is 1. The van der Waals surface area contributed by atoms with Gasteiger partial charge in [0.1, 0.15) is 0 Å². The molecule has 1 fully saturated rings. The van der Waals surface area contributed by atoms with E-state index in [9.17, 15) is 0 Å². The maximum Gasteiger partial charge on any atom is 0.0757 e. The van der Waals surface area contributed by atoms with Crippen LogP contribution >= 0.6 is 0 Å². The molecule has 1 heterocycles. The molecule has 19 heavy (non-hydrogen) atoms. The zero-order valence-corrected chi connectivity index (χ0v) is 12.3. The molecule has 0 amide bonds. The maximum atomic E-state index is 5.97. The zero-order chi connectivity index (χ0) is 13.9. The number of ether oxygens (including phenoxy) is 1. The van der Waals surface area contributed by atoms with Crippen LogP contribution in [0.5, 0.6) is 0 Å². The summed E-state index contributed by atoms with van der Waals surface area (Å²) in [5.74, 6) is 0.405. The van der Waals surface area contributed by atoms with Crippen molar-refractivity contribution in [2.24, 2.45) is 5.73 Å². The third-order valence-corrected chi connectivity index (χ3v) is 3.67. The average molecular weight is 262 g/mol. The van der Waals surface area contributed by atoms with Crippen molar-refractivity contribution in [2.75, 3.05) is 26.2 Å². The molecule has 1 aliphatic rings. The molecule has 106 valence electrons. The predicted molar refractivity (Wildman–Crippen MR) is 79.3 cm³/mol. The van der Waals surface area contributed by atoms with E-state index in [1.807, 2.05) is 0 Å². The summed E-state index contributed by atoms with van der Waals surface area (Å²) in [5.41, 5.74) is 7.24. The van der Waals surface area contributed by atoms with E-state index in [4.69, 9.17) is 10.5 Å². The number of nitrogens with zero attached hydrogens (tertiary/aromatic N) is 1. The van der Waals surface area contributed by atoms with Crippen molar-refractivity contribution >= 4 is 0 Å². The fraction of sp³-hybridized carbons (Fsp3) is 0.625. The van der Waals surface area contributed by atoms with Crippen molar-refractivity contribution in [2.45, 2.75) is 38.4 Å². The Balaban J connectivity index is 2.02. The van der Waals surface area contributed by atoms with Crippen LogP contribution in [0.2, 0.25) is 0 Å². The normalized spacial score (nSPS) is 25.2. The van der Waals surface area contributed by atoms with Crippen LogP contribution in [0.4, 0.5) is 0 Å². The molecule has 2 N–H and O–H groups in total. The van der Waals surface area contributed by atoms with Crippen molar-refractivity contribution in [3.8, 4) is 0 Å². The van der Waals surface area contributed by atoms with Crippen molar-refractivity contribution in [1.82, 2.24) is 4.90 Å². The second-order valence-electron chi connectivity index (χ2n) is 6.23. The summed E-state index contributed by atoms with van der Waals surface area (Å²) < 4.78 is 5.95. The second-order valence-corrected chi connectivity index (χ2v) is 6.23. The number of nitrogens with two attached hydrogens (primary N) is 1. The molecule has 0 spiro atoms. The molecule has 3 heteroatoms. The quantitative estimate of drug-likeness (QED) is 0.904. The molecule has 2 atom stereocenters. The predicted octanol–water partition coefficient (Wildman–Crippen LogP) is 2.23. The summed E-state index contributed by atoms with van der Waals surface area (Å²) in [6, 6.07) is 10.6. The molecule has 2 rings (SSSR count). The SMILES string of the molecule is CC1CN(CC(CN)c2ccccc2)CC(C)(C)O1. The fourth-order valence-electron chi connectivity index (χ4n) is 3.08. The number of rotatable bonds is 4. The van der Waals surface area contributed by atoms with Crippen LogP contribution in [0, 0.1) is 0 Å². The highest BCUT2D eigenvalue weighted by atomic mass is 16.5. The summed E-state index contributed by atoms with van der Waals surface area (Å²) in [4.78, 5) is 2.48. The van der Waals surface area contributed by atoms with Gasteiger partial charge in [-0.3, -0.25) is 4.90 Å². The van der Waals surface area contributed by atoms with Gasteiger partial charge in [0.2, 0.25) is 0 Å². The van der Waals surface area contributed by atoms with Crippen LogP contribution in [0.3, 0.4) is 0 Å². The van der Waals surface area contributed by atoms with Crippen LogP contribution in [0.1, 0.15) is 32.3 Å². The second kappa shape index (κ2) is 6.04. The van der Waals surface area contributed by atoms with Gasteiger partial charge in [-0.1, -0.05) is 30.3 Å². The molecule has 0 bridgehead atoms. The van der Waals surface area contributed by atoms with E-state index in [0.29, 0.717) is 12.5 Å². The lowest BCUT2D eigenvalue weighted by Crippen LogP contribution is -2.53. The Morgan fingerprint density at radius 1 is 1.37 bits per heavy atom. The van der Waals surface area contributed by atoms with E-state index >= 15 is 0 Å². The van der Waals surface area contributed by atoms with Gasteiger partial charge in [0, 0.05) is 32.1 Å².